The van der Waals surface area contributed by atoms with Crippen LogP contribution in [0.1, 0.15) is 6.92 Å². The summed E-state index contributed by atoms with van der Waals surface area (Å²) in [5, 5.41) is 0. The van der Waals surface area contributed by atoms with Gasteiger partial charge in [-0.1, -0.05) is 0 Å². The van der Waals surface area contributed by atoms with Crippen LogP contribution in [-0.2, 0) is 19.9 Å². The second-order valence-electron chi connectivity index (χ2n) is 3.20. The Morgan fingerprint density at radius 2 is 1.71 bits per heavy atom. The predicted molar refractivity (Wildman–Crippen MR) is 55.1 cm³/mol. The van der Waals surface area contributed by atoms with Crippen molar-refractivity contribution in [2.75, 3.05) is 24.3 Å². The quantitative estimate of drug-likeness (QED) is 0.579. The van der Waals surface area contributed by atoms with Crippen molar-refractivity contribution in [1.82, 2.24) is 4.72 Å². The smallest absolute Gasteiger partial charge is 0.212 e. The van der Waals surface area contributed by atoms with E-state index in [4.69, 9.17) is 5.73 Å². The van der Waals surface area contributed by atoms with Gasteiger partial charge in [-0.2, -0.15) is 0 Å². The van der Waals surface area contributed by atoms with Gasteiger partial charge in [0.2, 0.25) is 10.0 Å². The maximum atomic E-state index is 11.2. The summed E-state index contributed by atoms with van der Waals surface area (Å²) in [6.45, 7) is 1.79. The lowest BCUT2D eigenvalue weighted by atomic mass is 10.4. The minimum atomic E-state index is -3.54. The van der Waals surface area contributed by atoms with Gasteiger partial charge in [0.1, 0.15) is 9.84 Å². The molecule has 0 amide bonds. The van der Waals surface area contributed by atoms with Gasteiger partial charge in [0.15, 0.2) is 0 Å². The van der Waals surface area contributed by atoms with Crippen molar-refractivity contribution in [2.24, 2.45) is 5.73 Å². The van der Waals surface area contributed by atoms with E-state index in [1.54, 1.807) is 6.92 Å². The first kappa shape index (κ1) is 13.8. The molecule has 0 radical (unpaired) electrons. The van der Waals surface area contributed by atoms with E-state index in [2.05, 4.69) is 4.72 Å². The molecule has 86 valence electrons. The van der Waals surface area contributed by atoms with Gasteiger partial charge >= 0.3 is 0 Å². The van der Waals surface area contributed by atoms with Crippen LogP contribution in [-0.4, -0.2) is 47.2 Å². The van der Waals surface area contributed by atoms with Crippen LogP contribution < -0.4 is 10.5 Å². The molecule has 0 aromatic heterocycles. The Hall–Kier alpha value is -0.180. The summed E-state index contributed by atoms with van der Waals surface area (Å²) in [4.78, 5) is 0. The molecule has 1 atom stereocenters. The third kappa shape index (κ3) is 7.25. The van der Waals surface area contributed by atoms with Gasteiger partial charge in [-0.25, -0.2) is 21.6 Å². The first-order chi connectivity index (χ1) is 6.16. The Labute approximate surface area is 84.8 Å². The summed E-state index contributed by atoms with van der Waals surface area (Å²) in [6, 6.07) is -0.375. The van der Waals surface area contributed by atoms with E-state index >= 15 is 0 Å². The molecule has 0 saturated carbocycles. The molecule has 0 aliphatic carbocycles. The van der Waals surface area contributed by atoms with Crippen molar-refractivity contribution in [3.05, 3.63) is 0 Å². The van der Waals surface area contributed by atoms with Crippen molar-refractivity contribution in [1.29, 1.82) is 0 Å². The summed E-state index contributed by atoms with van der Waals surface area (Å²) in [5.74, 6) is -0.796. The Morgan fingerprint density at radius 3 is 2.07 bits per heavy atom. The van der Waals surface area contributed by atoms with Crippen molar-refractivity contribution in [2.45, 2.75) is 13.0 Å². The fourth-order valence-corrected chi connectivity index (χ4v) is 3.59. The van der Waals surface area contributed by atoms with Crippen LogP contribution in [0.2, 0.25) is 0 Å². The summed E-state index contributed by atoms with van der Waals surface area (Å²) in [7, 11) is -6.79. The third-order valence-electron chi connectivity index (χ3n) is 1.46. The Morgan fingerprint density at radius 1 is 1.21 bits per heavy atom. The number of hydrogen-bond acceptors (Lipinski definition) is 5. The van der Waals surface area contributed by atoms with Crippen LogP contribution in [0.4, 0.5) is 0 Å². The van der Waals surface area contributed by atoms with Crippen molar-refractivity contribution >= 4 is 19.9 Å². The van der Waals surface area contributed by atoms with Crippen LogP contribution >= 0.6 is 0 Å². The lowest BCUT2D eigenvalue weighted by Crippen LogP contribution is -2.40. The molecule has 6 nitrogen and oxygen atoms in total. The highest BCUT2D eigenvalue weighted by molar-refractivity contribution is 7.93. The molecule has 0 saturated heterocycles. The third-order valence-corrected chi connectivity index (χ3v) is 4.16. The second kappa shape index (κ2) is 5.06. The van der Waals surface area contributed by atoms with E-state index in [1.807, 2.05) is 0 Å². The molecule has 0 heterocycles. The van der Waals surface area contributed by atoms with Crippen LogP contribution in [0.15, 0.2) is 0 Å². The average molecular weight is 244 g/mol. The topological polar surface area (TPSA) is 106 Å². The van der Waals surface area contributed by atoms with Gasteiger partial charge in [-0.3, -0.25) is 0 Å². The standard InChI is InChI=1S/C6H16N2O4S2/c1-6(5-7)8-14(11,12)4-3-13(2,9)10/h6,8H,3-5,7H2,1-2H3/t6-/m1/s1. The molecule has 3 N–H and O–H groups in total. The minimum Gasteiger partial charge on any atom is -0.329 e. The summed E-state index contributed by atoms with van der Waals surface area (Å²) in [5.41, 5.74) is 5.22. The van der Waals surface area contributed by atoms with E-state index in [0.29, 0.717) is 0 Å². The molecule has 0 spiro atoms. The van der Waals surface area contributed by atoms with E-state index in [-0.39, 0.29) is 18.3 Å². The molecule has 0 aliphatic heterocycles. The average Bonchev–Trinajstić information content (AvgIpc) is 1.99. The molecule has 0 aromatic rings. The second-order valence-corrected chi connectivity index (χ2v) is 7.34. The molecular weight excluding hydrogens is 228 g/mol. The van der Waals surface area contributed by atoms with Crippen molar-refractivity contribution in [3.63, 3.8) is 0 Å². The normalized spacial score (nSPS) is 15.4. The van der Waals surface area contributed by atoms with Crippen LogP contribution in [0, 0.1) is 0 Å². The van der Waals surface area contributed by atoms with Gasteiger partial charge in [0.05, 0.1) is 11.5 Å². The van der Waals surface area contributed by atoms with E-state index in [9.17, 15) is 16.8 Å². The Kier molecular flexibility index (Phi) is 4.99. The number of hydrogen-bond donors (Lipinski definition) is 2. The molecule has 0 fully saturated rings. The SMILES string of the molecule is C[C@H](CN)NS(=O)(=O)CCS(C)(=O)=O. The monoisotopic (exact) mass is 244 g/mol. The van der Waals surface area contributed by atoms with E-state index < -0.39 is 25.6 Å². The zero-order valence-electron chi connectivity index (χ0n) is 8.23. The fraction of sp³-hybridized carbons (Fsp3) is 1.00. The lowest BCUT2D eigenvalue weighted by molar-refractivity contribution is 0.562. The van der Waals surface area contributed by atoms with Gasteiger partial charge in [0.25, 0.3) is 0 Å². The van der Waals surface area contributed by atoms with Gasteiger partial charge in [0, 0.05) is 18.8 Å². The van der Waals surface area contributed by atoms with Gasteiger partial charge in [-0.15, -0.1) is 0 Å². The van der Waals surface area contributed by atoms with Crippen LogP contribution in [0.25, 0.3) is 0 Å². The zero-order chi connectivity index (χ0) is 11.4. The number of sulfonamides is 1. The number of rotatable bonds is 6. The van der Waals surface area contributed by atoms with E-state index in [1.165, 1.54) is 0 Å². The molecule has 0 unspecified atom stereocenters. The highest BCUT2D eigenvalue weighted by atomic mass is 32.2. The number of nitrogens with two attached hydrogens (primary N) is 1. The molecule has 14 heavy (non-hydrogen) atoms. The summed E-state index contributed by atoms with van der Waals surface area (Å²) < 4.78 is 46.1. The lowest BCUT2D eigenvalue weighted by Gasteiger charge is -2.11. The first-order valence-corrected chi connectivity index (χ1v) is 7.75. The summed E-state index contributed by atoms with van der Waals surface area (Å²) in [6.07, 6.45) is 0.995. The Balaban J connectivity index is 4.24. The van der Waals surface area contributed by atoms with Crippen LogP contribution in [0.5, 0.6) is 0 Å². The van der Waals surface area contributed by atoms with E-state index in [0.717, 1.165) is 6.26 Å². The van der Waals surface area contributed by atoms with Gasteiger partial charge < -0.3 is 5.73 Å². The van der Waals surface area contributed by atoms with Crippen LogP contribution in [0.3, 0.4) is 0 Å². The maximum absolute atomic E-state index is 11.2. The predicted octanol–water partition coefficient (Wildman–Crippen LogP) is -1.70. The van der Waals surface area contributed by atoms with Crippen molar-refractivity contribution < 1.29 is 16.8 Å². The zero-order valence-corrected chi connectivity index (χ0v) is 9.86. The molecule has 0 aliphatic rings. The molecule has 0 aromatic carbocycles. The molecular formula is C6H16N2O4S2. The van der Waals surface area contributed by atoms with Crippen molar-refractivity contribution in [3.8, 4) is 0 Å². The highest BCUT2D eigenvalue weighted by Gasteiger charge is 2.16. The summed E-state index contributed by atoms with van der Waals surface area (Å²) >= 11 is 0. The number of nitrogens with one attached hydrogen (secondary N) is 1. The maximum Gasteiger partial charge on any atom is 0.212 e. The highest BCUT2D eigenvalue weighted by Crippen LogP contribution is 1.91. The Bertz CT molecular complexity index is 359. The fourth-order valence-electron chi connectivity index (χ4n) is 0.675. The van der Waals surface area contributed by atoms with Gasteiger partial charge in [-0.05, 0) is 6.92 Å². The number of sulfone groups is 1. The first-order valence-electron chi connectivity index (χ1n) is 4.04. The minimum absolute atomic E-state index is 0.179. The molecule has 0 rings (SSSR count). The molecule has 8 heteroatoms. The largest absolute Gasteiger partial charge is 0.329 e. The molecule has 0 bridgehead atoms.